The maximum Gasteiger partial charge on any atom is 0.305 e. The third-order valence-corrected chi connectivity index (χ3v) is 4.42. The van der Waals surface area contributed by atoms with E-state index < -0.39 is 11.8 Å². The van der Waals surface area contributed by atoms with Crippen LogP contribution in [0, 0.1) is 0 Å². The van der Waals surface area contributed by atoms with Gasteiger partial charge in [0.2, 0.25) is 0 Å². The molecular formula is C20H14ClN3O3. The number of furan rings is 1. The summed E-state index contributed by atoms with van der Waals surface area (Å²) >= 11 is 6.13. The van der Waals surface area contributed by atoms with Crippen LogP contribution in [0.3, 0.4) is 0 Å². The molecule has 0 atom stereocenters. The minimum Gasteiger partial charge on any atom is -0.451 e. The van der Waals surface area contributed by atoms with Crippen LogP contribution in [0.1, 0.15) is 20.9 Å². The van der Waals surface area contributed by atoms with Crippen LogP contribution >= 0.6 is 11.6 Å². The zero-order chi connectivity index (χ0) is 18.8. The summed E-state index contributed by atoms with van der Waals surface area (Å²) in [6, 6.07) is 17.7. The number of fused-ring (bicyclic) bond motifs is 1. The Morgan fingerprint density at radius 1 is 0.889 bits per heavy atom. The highest BCUT2D eigenvalue weighted by atomic mass is 35.5. The van der Waals surface area contributed by atoms with Crippen molar-refractivity contribution in [3.05, 3.63) is 83.2 Å². The molecule has 2 aromatic carbocycles. The average molecular weight is 380 g/mol. The zero-order valence-corrected chi connectivity index (χ0v) is 14.7. The molecule has 6 nitrogen and oxygen atoms in total. The van der Waals surface area contributed by atoms with E-state index in [-0.39, 0.29) is 5.76 Å². The lowest BCUT2D eigenvalue weighted by atomic mass is 10.2. The maximum absolute atomic E-state index is 12.3. The van der Waals surface area contributed by atoms with Crippen molar-refractivity contribution >= 4 is 34.3 Å². The van der Waals surface area contributed by atoms with E-state index in [0.29, 0.717) is 21.9 Å². The molecule has 0 saturated heterocycles. The smallest absolute Gasteiger partial charge is 0.305 e. The first-order valence-electron chi connectivity index (χ1n) is 8.15. The number of carbonyl (C=O) groups is 2. The van der Waals surface area contributed by atoms with Crippen LogP contribution in [0.4, 0.5) is 0 Å². The van der Waals surface area contributed by atoms with Crippen molar-refractivity contribution in [3.8, 4) is 11.3 Å². The Bertz CT molecular complexity index is 1150. The van der Waals surface area contributed by atoms with Gasteiger partial charge in [0.05, 0.1) is 10.6 Å². The maximum atomic E-state index is 12.3. The minimum absolute atomic E-state index is 0.0594. The van der Waals surface area contributed by atoms with Crippen molar-refractivity contribution in [2.24, 2.45) is 0 Å². The summed E-state index contributed by atoms with van der Waals surface area (Å²) in [5.74, 6) is -0.474. The number of hydrogen-bond acceptors (Lipinski definition) is 3. The van der Waals surface area contributed by atoms with Crippen LogP contribution in [0.25, 0.3) is 22.2 Å². The number of carbonyl (C=O) groups excluding carboxylic acids is 2. The van der Waals surface area contributed by atoms with E-state index in [4.69, 9.17) is 16.0 Å². The Morgan fingerprint density at radius 2 is 1.63 bits per heavy atom. The second kappa shape index (κ2) is 7.01. The van der Waals surface area contributed by atoms with Gasteiger partial charge >= 0.3 is 5.91 Å². The largest absolute Gasteiger partial charge is 0.451 e. The molecule has 7 heteroatoms. The molecule has 4 rings (SSSR count). The van der Waals surface area contributed by atoms with Gasteiger partial charge in [0.25, 0.3) is 5.91 Å². The highest BCUT2D eigenvalue weighted by Crippen LogP contribution is 2.29. The summed E-state index contributed by atoms with van der Waals surface area (Å²) < 4.78 is 5.55. The van der Waals surface area contributed by atoms with Gasteiger partial charge < -0.3 is 9.40 Å². The number of rotatable bonds is 3. The third-order valence-electron chi connectivity index (χ3n) is 4.09. The second-order valence-corrected chi connectivity index (χ2v) is 6.21. The van der Waals surface area contributed by atoms with Crippen LogP contribution in [0.5, 0.6) is 0 Å². The van der Waals surface area contributed by atoms with E-state index in [1.165, 1.54) is 6.07 Å². The number of aromatic amines is 1. The highest BCUT2D eigenvalue weighted by Gasteiger charge is 2.16. The average Bonchev–Trinajstić information content (AvgIpc) is 3.33. The lowest BCUT2D eigenvalue weighted by Gasteiger charge is -2.05. The molecule has 0 aliphatic carbocycles. The number of amides is 2. The van der Waals surface area contributed by atoms with Crippen molar-refractivity contribution in [2.75, 3.05) is 0 Å². The standard InChI is InChI=1S/C20H14ClN3O3/c21-15-7-3-1-6-13(15)17-9-10-18(27-17)20(26)24-23-19(25)14-11-22-16-8-4-2-5-12(14)16/h1-11,22H,(H,23,25)(H,24,26). The second-order valence-electron chi connectivity index (χ2n) is 5.80. The van der Waals surface area contributed by atoms with Crippen molar-refractivity contribution in [1.82, 2.24) is 15.8 Å². The molecule has 4 aromatic rings. The van der Waals surface area contributed by atoms with Gasteiger partial charge in [0.15, 0.2) is 5.76 Å². The van der Waals surface area contributed by atoms with E-state index >= 15 is 0 Å². The fourth-order valence-corrected chi connectivity index (χ4v) is 3.00. The number of hydrogen-bond donors (Lipinski definition) is 3. The zero-order valence-electron chi connectivity index (χ0n) is 14.0. The lowest BCUT2D eigenvalue weighted by molar-refractivity contribution is 0.0832. The van der Waals surface area contributed by atoms with Gasteiger partial charge in [-0.1, -0.05) is 41.9 Å². The van der Waals surface area contributed by atoms with Gasteiger partial charge in [-0.05, 0) is 30.3 Å². The van der Waals surface area contributed by atoms with Gasteiger partial charge in [-0.25, -0.2) is 0 Å². The van der Waals surface area contributed by atoms with Crippen LogP contribution in [-0.4, -0.2) is 16.8 Å². The summed E-state index contributed by atoms with van der Waals surface area (Å²) in [7, 11) is 0. The van der Waals surface area contributed by atoms with E-state index in [2.05, 4.69) is 15.8 Å². The topological polar surface area (TPSA) is 87.1 Å². The van der Waals surface area contributed by atoms with Crippen LogP contribution in [0.2, 0.25) is 5.02 Å². The van der Waals surface area contributed by atoms with Crippen LogP contribution in [0.15, 0.2) is 71.3 Å². The molecule has 0 unspecified atom stereocenters. The number of halogens is 1. The van der Waals surface area contributed by atoms with E-state index in [0.717, 1.165) is 10.9 Å². The fourth-order valence-electron chi connectivity index (χ4n) is 2.77. The molecule has 0 bridgehead atoms. The first-order chi connectivity index (χ1) is 13.1. The number of aromatic nitrogens is 1. The number of hydrazine groups is 1. The molecule has 0 aliphatic rings. The molecule has 134 valence electrons. The molecule has 27 heavy (non-hydrogen) atoms. The van der Waals surface area contributed by atoms with Gasteiger partial charge in [-0.15, -0.1) is 0 Å². The Labute approximate surface area is 159 Å². The van der Waals surface area contributed by atoms with Gasteiger partial charge in [0.1, 0.15) is 5.76 Å². The highest BCUT2D eigenvalue weighted by molar-refractivity contribution is 6.33. The number of H-pyrrole nitrogens is 1. The quantitative estimate of drug-likeness (QED) is 0.467. The molecule has 0 aliphatic heterocycles. The summed E-state index contributed by atoms with van der Waals surface area (Å²) in [6.07, 6.45) is 1.59. The van der Waals surface area contributed by atoms with E-state index in [1.54, 1.807) is 24.4 Å². The number of para-hydroxylation sites is 1. The van der Waals surface area contributed by atoms with E-state index in [1.807, 2.05) is 36.4 Å². The number of nitrogens with one attached hydrogen (secondary N) is 3. The molecule has 0 radical (unpaired) electrons. The molecule has 0 saturated carbocycles. The third kappa shape index (κ3) is 3.30. The lowest BCUT2D eigenvalue weighted by Crippen LogP contribution is -2.41. The van der Waals surface area contributed by atoms with Crippen molar-refractivity contribution in [3.63, 3.8) is 0 Å². The Hall–Kier alpha value is -3.51. The van der Waals surface area contributed by atoms with Gasteiger partial charge in [0, 0.05) is 22.7 Å². The Kier molecular flexibility index (Phi) is 4.40. The molecule has 2 amide bonds. The summed E-state index contributed by atoms with van der Waals surface area (Å²) in [4.78, 5) is 27.6. The molecular weight excluding hydrogens is 366 g/mol. The van der Waals surface area contributed by atoms with Gasteiger partial charge in [-0.3, -0.25) is 20.4 Å². The Morgan fingerprint density at radius 3 is 2.48 bits per heavy atom. The molecule has 0 spiro atoms. The fraction of sp³-hybridized carbons (Fsp3) is 0. The van der Waals surface area contributed by atoms with Crippen molar-refractivity contribution < 1.29 is 14.0 Å². The predicted molar refractivity (Wildman–Crippen MR) is 102 cm³/mol. The molecule has 0 fully saturated rings. The molecule has 2 aromatic heterocycles. The SMILES string of the molecule is O=C(NNC(=O)c1c[nH]c2ccccc12)c1ccc(-c2ccccc2Cl)o1. The first-order valence-corrected chi connectivity index (χ1v) is 8.53. The van der Waals surface area contributed by atoms with Crippen molar-refractivity contribution in [1.29, 1.82) is 0 Å². The van der Waals surface area contributed by atoms with Crippen LogP contribution in [-0.2, 0) is 0 Å². The van der Waals surface area contributed by atoms with Crippen LogP contribution < -0.4 is 10.9 Å². The molecule has 3 N–H and O–H groups in total. The number of benzene rings is 2. The summed E-state index contributed by atoms with van der Waals surface area (Å²) in [5, 5.41) is 1.29. The monoisotopic (exact) mass is 379 g/mol. The first kappa shape index (κ1) is 16.9. The van der Waals surface area contributed by atoms with E-state index in [9.17, 15) is 9.59 Å². The predicted octanol–water partition coefficient (Wildman–Crippen LogP) is 4.16. The Balaban J connectivity index is 1.46. The summed E-state index contributed by atoms with van der Waals surface area (Å²) in [5.41, 5.74) is 6.69. The van der Waals surface area contributed by atoms with Crippen molar-refractivity contribution in [2.45, 2.75) is 0 Å². The summed E-state index contributed by atoms with van der Waals surface area (Å²) in [6.45, 7) is 0. The minimum atomic E-state index is -0.568. The normalized spacial score (nSPS) is 10.7. The van der Waals surface area contributed by atoms with Gasteiger partial charge in [-0.2, -0.15) is 0 Å². The molecule has 2 heterocycles.